The molecule has 1 heterocycles. The highest BCUT2D eigenvalue weighted by molar-refractivity contribution is 5.92. The number of nitrogens with zero attached hydrogens (tertiary/aromatic N) is 2. The number of para-hydroxylation sites is 4. The van der Waals surface area contributed by atoms with Crippen molar-refractivity contribution >= 4 is 22.6 Å². The van der Waals surface area contributed by atoms with E-state index in [-0.39, 0.29) is 18.7 Å². The smallest absolute Gasteiger partial charge is 0.226 e. The Kier molecular flexibility index (Phi) is 5.67. The second kappa shape index (κ2) is 8.72. The van der Waals surface area contributed by atoms with Crippen LogP contribution in [0.5, 0.6) is 5.75 Å². The molecule has 0 spiro atoms. The number of methoxy groups -OCH3 is 1. The third-order valence-electron chi connectivity index (χ3n) is 5.26. The van der Waals surface area contributed by atoms with Gasteiger partial charge in [0.05, 0.1) is 30.6 Å². The standard InChI is InChI=1S/C25H22N4O2/c1-31-22-14-8-5-9-18(22)15-25(17-26,16-23(30)27-19-10-3-2-4-11-19)24-28-20-12-6-7-13-21(20)29-24/h2-14H,15-16H2,1H3,(H,27,30)(H,28,29)/t25-/m0/s1. The van der Waals surface area contributed by atoms with Crippen LogP contribution in [0, 0.1) is 11.3 Å². The van der Waals surface area contributed by atoms with Crippen LogP contribution in [0.3, 0.4) is 0 Å². The molecule has 0 saturated carbocycles. The first kappa shape index (κ1) is 20.2. The number of hydrogen-bond donors (Lipinski definition) is 2. The zero-order valence-electron chi connectivity index (χ0n) is 17.1. The van der Waals surface area contributed by atoms with E-state index in [0.29, 0.717) is 17.3 Å². The van der Waals surface area contributed by atoms with E-state index < -0.39 is 5.41 Å². The molecule has 0 aliphatic carbocycles. The minimum Gasteiger partial charge on any atom is -0.496 e. The first-order valence-corrected chi connectivity index (χ1v) is 9.97. The number of nitriles is 1. The molecule has 4 rings (SSSR count). The van der Waals surface area contributed by atoms with E-state index in [2.05, 4.69) is 21.4 Å². The number of imidazole rings is 1. The molecule has 0 radical (unpaired) electrons. The fourth-order valence-electron chi connectivity index (χ4n) is 3.72. The lowest BCUT2D eigenvalue weighted by Crippen LogP contribution is -2.34. The van der Waals surface area contributed by atoms with Gasteiger partial charge in [-0.05, 0) is 35.9 Å². The fraction of sp³-hybridized carbons (Fsp3) is 0.160. The molecule has 0 aliphatic heterocycles. The van der Waals surface area contributed by atoms with Gasteiger partial charge in [0.1, 0.15) is 17.0 Å². The summed E-state index contributed by atoms with van der Waals surface area (Å²) < 4.78 is 5.49. The summed E-state index contributed by atoms with van der Waals surface area (Å²) in [6.45, 7) is 0. The number of carbonyl (C=O) groups is 1. The molecule has 31 heavy (non-hydrogen) atoms. The Labute approximate surface area is 180 Å². The SMILES string of the molecule is COc1ccccc1C[C@@](C#N)(CC(=O)Nc1ccccc1)c1nc2ccccc2[nH]1. The Balaban J connectivity index is 1.74. The van der Waals surface area contributed by atoms with Gasteiger partial charge in [0.15, 0.2) is 0 Å². The number of carbonyl (C=O) groups excluding carboxylic acids is 1. The number of benzene rings is 3. The lowest BCUT2D eigenvalue weighted by atomic mass is 9.78. The van der Waals surface area contributed by atoms with E-state index in [1.807, 2.05) is 78.9 Å². The number of nitrogens with one attached hydrogen (secondary N) is 2. The third kappa shape index (κ3) is 4.26. The molecule has 6 nitrogen and oxygen atoms in total. The van der Waals surface area contributed by atoms with Crippen molar-refractivity contribution in [2.45, 2.75) is 18.3 Å². The number of rotatable bonds is 7. The topological polar surface area (TPSA) is 90.8 Å². The maximum Gasteiger partial charge on any atom is 0.226 e. The number of fused-ring (bicyclic) bond motifs is 1. The van der Waals surface area contributed by atoms with Gasteiger partial charge in [-0.25, -0.2) is 4.98 Å². The number of aromatic nitrogens is 2. The van der Waals surface area contributed by atoms with Crippen molar-refractivity contribution in [3.63, 3.8) is 0 Å². The van der Waals surface area contributed by atoms with E-state index in [9.17, 15) is 10.1 Å². The Morgan fingerprint density at radius 1 is 1.06 bits per heavy atom. The highest BCUT2D eigenvalue weighted by atomic mass is 16.5. The molecule has 0 unspecified atom stereocenters. The lowest BCUT2D eigenvalue weighted by molar-refractivity contribution is -0.117. The van der Waals surface area contributed by atoms with Crippen LogP contribution in [-0.2, 0) is 16.6 Å². The van der Waals surface area contributed by atoms with E-state index in [1.54, 1.807) is 7.11 Å². The molecular formula is C25H22N4O2. The van der Waals surface area contributed by atoms with E-state index in [1.165, 1.54) is 0 Å². The number of anilines is 1. The average molecular weight is 410 g/mol. The van der Waals surface area contributed by atoms with Gasteiger partial charge in [-0.3, -0.25) is 4.79 Å². The maximum atomic E-state index is 13.0. The second-order valence-electron chi connectivity index (χ2n) is 7.38. The molecule has 1 atom stereocenters. The quantitative estimate of drug-likeness (QED) is 0.466. The van der Waals surface area contributed by atoms with E-state index in [4.69, 9.17) is 4.74 Å². The molecule has 2 N–H and O–H groups in total. The molecule has 0 bridgehead atoms. The van der Waals surface area contributed by atoms with Crippen LogP contribution in [0.2, 0.25) is 0 Å². The molecule has 6 heteroatoms. The first-order chi connectivity index (χ1) is 15.1. The summed E-state index contributed by atoms with van der Waals surface area (Å²) >= 11 is 0. The van der Waals surface area contributed by atoms with Gasteiger partial charge in [-0.2, -0.15) is 5.26 Å². The Bertz CT molecular complexity index is 1210. The van der Waals surface area contributed by atoms with E-state index in [0.717, 1.165) is 16.6 Å². The summed E-state index contributed by atoms with van der Waals surface area (Å²) in [7, 11) is 1.59. The van der Waals surface area contributed by atoms with Crippen molar-refractivity contribution in [3.05, 3.63) is 90.3 Å². The van der Waals surface area contributed by atoms with Crippen molar-refractivity contribution in [3.8, 4) is 11.8 Å². The van der Waals surface area contributed by atoms with Crippen LogP contribution in [-0.4, -0.2) is 23.0 Å². The second-order valence-corrected chi connectivity index (χ2v) is 7.38. The molecule has 4 aromatic rings. The monoisotopic (exact) mass is 410 g/mol. The fourth-order valence-corrected chi connectivity index (χ4v) is 3.72. The zero-order chi connectivity index (χ0) is 21.7. The van der Waals surface area contributed by atoms with Crippen LogP contribution < -0.4 is 10.1 Å². The summed E-state index contributed by atoms with van der Waals surface area (Å²) in [6.07, 6.45) is 0.214. The summed E-state index contributed by atoms with van der Waals surface area (Å²) in [5.74, 6) is 0.870. The van der Waals surface area contributed by atoms with Crippen LogP contribution in [0.4, 0.5) is 5.69 Å². The van der Waals surface area contributed by atoms with E-state index >= 15 is 0 Å². The predicted octanol–water partition coefficient (Wildman–Crippen LogP) is 4.60. The highest BCUT2D eigenvalue weighted by Crippen LogP contribution is 2.34. The Hall–Kier alpha value is -4.11. The van der Waals surface area contributed by atoms with Crippen LogP contribution in [0.1, 0.15) is 17.8 Å². The maximum absolute atomic E-state index is 13.0. The predicted molar refractivity (Wildman–Crippen MR) is 120 cm³/mol. The van der Waals surface area contributed by atoms with Gasteiger partial charge in [0.25, 0.3) is 0 Å². The summed E-state index contributed by atoms with van der Waals surface area (Å²) in [6, 6.07) is 26.7. The molecule has 0 saturated heterocycles. The molecular weight excluding hydrogens is 388 g/mol. The third-order valence-corrected chi connectivity index (χ3v) is 5.26. The lowest BCUT2D eigenvalue weighted by Gasteiger charge is -2.25. The molecule has 1 amide bonds. The summed E-state index contributed by atoms with van der Waals surface area (Å²) in [5.41, 5.74) is 1.88. The number of amides is 1. The van der Waals surface area contributed by atoms with Crippen molar-refractivity contribution in [2.24, 2.45) is 0 Å². The average Bonchev–Trinajstić information content (AvgIpc) is 3.24. The molecule has 154 valence electrons. The first-order valence-electron chi connectivity index (χ1n) is 9.97. The summed E-state index contributed by atoms with van der Waals surface area (Å²) in [5, 5.41) is 13.3. The Morgan fingerprint density at radius 2 is 1.77 bits per heavy atom. The minimum absolute atomic E-state index is 0.0593. The summed E-state index contributed by atoms with van der Waals surface area (Å²) in [4.78, 5) is 20.9. The molecule has 0 fully saturated rings. The van der Waals surface area contributed by atoms with Crippen LogP contribution in [0.25, 0.3) is 11.0 Å². The van der Waals surface area contributed by atoms with Crippen LogP contribution >= 0.6 is 0 Å². The number of H-pyrrole nitrogens is 1. The van der Waals surface area contributed by atoms with Crippen molar-refractivity contribution in [1.82, 2.24) is 9.97 Å². The molecule has 1 aromatic heterocycles. The number of aromatic amines is 1. The number of hydrogen-bond acceptors (Lipinski definition) is 4. The van der Waals surface area contributed by atoms with Gasteiger partial charge < -0.3 is 15.0 Å². The molecule has 3 aromatic carbocycles. The number of ether oxygens (including phenoxy) is 1. The normalized spacial score (nSPS) is 12.6. The van der Waals surface area contributed by atoms with Crippen molar-refractivity contribution < 1.29 is 9.53 Å². The highest BCUT2D eigenvalue weighted by Gasteiger charge is 2.39. The van der Waals surface area contributed by atoms with Gasteiger partial charge >= 0.3 is 0 Å². The Morgan fingerprint density at radius 3 is 2.52 bits per heavy atom. The zero-order valence-corrected chi connectivity index (χ0v) is 17.1. The van der Waals surface area contributed by atoms with Gasteiger partial charge in [-0.1, -0.05) is 48.5 Å². The largest absolute Gasteiger partial charge is 0.496 e. The molecule has 0 aliphatic rings. The van der Waals surface area contributed by atoms with Crippen LogP contribution in [0.15, 0.2) is 78.9 Å². The van der Waals surface area contributed by atoms with Crippen molar-refractivity contribution in [2.75, 3.05) is 12.4 Å². The van der Waals surface area contributed by atoms with Gasteiger partial charge in [0.2, 0.25) is 5.91 Å². The van der Waals surface area contributed by atoms with Gasteiger partial charge in [0, 0.05) is 12.1 Å². The minimum atomic E-state index is -1.20. The van der Waals surface area contributed by atoms with Crippen molar-refractivity contribution in [1.29, 1.82) is 5.26 Å². The van der Waals surface area contributed by atoms with Gasteiger partial charge in [-0.15, -0.1) is 0 Å².